The van der Waals surface area contributed by atoms with Crippen molar-refractivity contribution in [2.75, 3.05) is 11.9 Å². The van der Waals surface area contributed by atoms with E-state index in [0.29, 0.717) is 24.3 Å². The summed E-state index contributed by atoms with van der Waals surface area (Å²) < 4.78 is 27.6. The lowest BCUT2D eigenvalue weighted by molar-refractivity contribution is 0.227. The van der Waals surface area contributed by atoms with Crippen LogP contribution in [0.2, 0.25) is 0 Å². The Hall–Kier alpha value is -1.21. The van der Waals surface area contributed by atoms with E-state index in [4.69, 9.17) is 0 Å². The van der Waals surface area contributed by atoms with Gasteiger partial charge in [-0.25, -0.2) is 23.1 Å². The zero-order valence-electron chi connectivity index (χ0n) is 12.8. The molecule has 2 N–H and O–H groups in total. The number of nitrogens with one attached hydrogen (secondary N) is 2. The Kier molecular flexibility index (Phi) is 5.16. The van der Waals surface area contributed by atoms with Gasteiger partial charge < -0.3 is 5.32 Å². The highest BCUT2D eigenvalue weighted by Crippen LogP contribution is 2.30. The molecule has 21 heavy (non-hydrogen) atoms. The molecule has 6 nitrogen and oxygen atoms in total. The molecule has 1 aromatic rings. The van der Waals surface area contributed by atoms with Crippen LogP contribution in [0.3, 0.4) is 0 Å². The molecule has 1 aromatic heterocycles. The summed E-state index contributed by atoms with van der Waals surface area (Å²) in [6.45, 7) is 6.92. The maximum absolute atomic E-state index is 12.4. The SMILES string of the molecule is CCNc1ncc(S(=O)(=O)NC2CCCC(C)C2C)cn1. The number of rotatable bonds is 5. The van der Waals surface area contributed by atoms with Crippen molar-refractivity contribution < 1.29 is 8.42 Å². The van der Waals surface area contributed by atoms with Crippen molar-refractivity contribution in [2.24, 2.45) is 11.8 Å². The lowest BCUT2D eigenvalue weighted by atomic mass is 9.78. The summed E-state index contributed by atoms with van der Waals surface area (Å²) in [5.74, 6) is 1.32. The van der Waals surface area contributed by atoms with Crippen LogP contribution in [0.1, 0.15) is 40.0 Å². The van der Waals surface area contributed by atoms with Gasteiger partial charge in [0.2, 0.25) is 16.0 Å². The highest BCUT2D eigenvalue weighted by Gasteiger charge is 2.30. The summed E-state index contributed by atoms with van der Waals surface area (Å²) in [6, 6.07) is -0.00723. The third-order valence-corrected chi connectivity index (χ3v) is 5.73. The minimum absolute atomic E-state index is 0.00723. The zero-order chi connectivity index (χ0) is 15.5. The fraction of sp³-hybridized carbons (Fsp3) is 0.714. The van der Waals surface area contributed by atoms with Crippen LogP contribution in [0, 0.1) is 11.8 Å². The van der Waals surface area contributed by atoms with Crippen molar-refractivity contribution in [2.45, 2.75) is 51.0 Å². The summed E-state index contributed by atoms with van der Waals surface area (Å²) in [5, 5.41) is 2.94. The van der Waals surface area contributed by atoms with Crippen LogP contribution in [-0.4, -0.2) is 31.0 Å². The van der Waals surface area contributed by atoms with Crippen molar-refractivity contribution in [3.8, 4) is 0 Å². The molecule has 1 fully saturated rings. The average Bonchev–Trinajstić information content (AvgIpc) is 2.45. The van der Waals surface area contributed by atoms with Crippen molar-refractivity contribution in [1.29, 1.82) is 0 Å². The molecule has 1 aliphatic carbocycles. The molecular weight excluding hydrogens is 288 g/mol. The maximum atomic E-state index is 12.4. The van der Waals surface area contributed by atoms with Gasteiger partial charge in [-0.15, -0.1) is 0 Å². The van der Waals surface area contributed by atoms with E-state index in [1.807, 2.05) is 6.92 Å². The first-order valence-corrected chi connectivity index (χ1v) is 9.00. The summed E-state index contributed by atoms with van der Waals surface area (Å²) in [5.41, 5.74) is 0. The molecule has 1 saturated carbocycles. The van der Waals surface area contributed by atoms with Crippen LogP contribution in [0.15, 0.2) is 17.3 Å². The highest BCUT2D eigenvalue weighted by atomic mass is 32.2. The molecule has 0 spiro atoms. The van der Waals surface area contributed by atoms with Crippen LogP contribution in [0.25, 0.3) is 0 Å². The molecule has 7 heteroatoms. The van der Waals surface area contributed by atoms with E-state index in [1.54, 1.807) is 0 Å². The van der Waals surface area contributed by atoms with Gasteiger partial charge in [0.05, 0.1) is 12.4 Å². The zero-order valence-corrected chi connectivity index (χ0v) is 13.7. The van der Waals surface area contributed by atoms with Crippen LogP contribution < -0.4 is 10.0 Å². The first kappa shape index (κ1) is 16.2. The number of sulfonamides is 1. The minimum atomic E-state index is -3.55. The van der Waals surface area contributed by atoms with E-state index in [1.165, 1.54) is 18.8 Å². The molecule has 1 aliphatic rings. The van der Waals surface area contributed by atoms with Gasteiger partial charge in [0.1, 0.15) is 4.90 Å². The van der Waals surface area contributed by atoms with E-state index >= 15 is 0 Å². The first-order valence-electron chi connectivity index (χ1n) is 7.52. The lowest BCUT2D eigenvalue weighted by Crippen LogP contribution is -2.43. The second-order valence-corrected chi connectivity index (χ2v) is 7.48. The van der Waals surface area contributed by atoms with E-state index in [0.717, 1.165) is 12.8 Å². The van der Waals surface area contributed by atoms with E-state index in [9.17, 15) is 8.42 Å². The van der Waals surface area contributed by atoms with Crippen LogP contribution in [0.4, 0.5) is 5.95 Å². The van der Waals surface area contributed by atoms with Crippen molar-refractivity contribution >= 4 is 16.0 Å². The van der Waals surface area contributed by atoms with Gasteiger partial charge in [0.25, 0.3) is 0 Å². The minimum Gasteiger partial charge on any atom is -0.355 e. The van der Waals surface area contributed by atoms with Crippen molar-refractivity contribution in [1.82, 2.24) is 14.7 Å². The molecule has 2 rings (SSSR count). The Morgan fingerprint density at radius 2 is 1.90 bits per heavy atom. The van der Waals surface area contributed by atoms with Crippen LogP contribution in [-0.2, 0) is 10.0 Å². The van der Waals surface area contributed by atoms with Crippen molar-refractivity contribution in [3.05, 3.63) is 12.4 Å². The number of hydrogen-bond acceptors (Lipinski definition) is 5. The average molecular weight is 312 g/mol. The first-order chi connectivity index (χ1) is 9.94. The Labute approximate surface area is 126 Å². The van der Waals surface area contributed by atoms with E-state index in [2.05, 4.69) is 33.9 Å². The predicted octanol–water partition coefficient (Wildman–Crippen LogP) is 2.01. The van der Waals surface area contributed by atoms with Gasteiger partial charge in [-0.1, -0.05) is 26.7 Å². The van der Waals surface area contributed by atoms with Gasteiger partial charge >= 0.3 is 0 Å². The summed E-state index contributed by atoms with van der Waals surface area (Å²) in [6.07, 6.45) is 5.82. The molecule has 0 amide bonds. The highest BCUT2D eigenvalue weighted by molar-refractivity contribution is 7.89. The van der Waals surface area contributed by atoms with Crippen molar-refractivity contribution in [3.63, 3.8) is 0 Å². The maximum Gasteiger partial charge on any atom is 0.243 e. The van der Waals surface area contributed by atoms with E-state index in [-0.39, 0.29) is 10.9 Å². The summed E-state index contributed by atoms with van der Waals surface area (Å²) in [7, 11) is -3.55. The molecule has 0 aromatic carbocycles. The van der Waals surface area contributed by atoms with Crippen LogP contribution >= 0.6 is 0 Å². The van der Waals surface area contributed by atoms with Gasteiger partial charge in [-0.05, 0) is 25.2 Å². The Morgan fingerprint density at radius 1 is 1.24 bits per heavy atom. The normalized spacial score (nSPS) is 26.5. The second-order valence-electron chi connectivity index (χ2n) is 5.77. The smallest absolute Gasteiger partial charge is 0.243 e. The van der Waals surface area contributed by atoms with Gasteiger partial charge in [-0.2, -0.15) is 0 Å². The molecule has 0 radical (unpaired) electrons. The molecule has 1 heterocycles. The Balaban J connectivity index is 2.10. The van der Waals surface area contributed by atoms with Gasteiger partial charge in [0.15, 0.2) is 0 Å². The molecule has 0 saturated heterocycles. The number of aromatic nitrogens is 2. The Bertz CT molecular complexity index is 559. The summed E-state index contributed by atoms with van der Waals surface area (Å²) >= 11 is 0. The van der Waals surface area contributed by atoms with Gasteiger partial charge in [-0.3, -0.25) is 0 Å². The third-order valence-electron chi connectivity index (χ3n) is 4.29. The second kappa shape index (κ2) is 6.70. The molecule has 0 bridgehead atoms. The lowest BCUT2D eigenvalue weighted by Gasteiger charge is -2.34. The topological polar surface area (TPSA) is 84.0 Å². The Morgan fingerprint density at radius 3 is 2.52 bits per heavy atom. The number of anilines is 1. The van der Waals surface area contributed by atoms with Gasteiger partial charge in [0, 0.05) is 12.6 Å². The summed E-state index contributed by atoms with van der Waals surface area (Å²) in [4.78, 5) is 8.16. The fourth-order valence-electron chi connectivity index (χ4n) is 2.72. The monoisotopic (exact) mass is 312 g/mol. The standard InChI is InChI=1S/C14H24N4O2S/c1-4-15-14-16-8-12(9-17-14)21(19,20)18-13-7-5-6-10(2)11(13)3/h8-11,13,18H,4-7H2,1-3H3,(H,15,16,17). The molecule has 0 aliphatic heterocycles. The molecule has 118 valence electrons. The third kappa shape index (κ3) is 3.91. The quantitative estimate of drug-likeness (QED) is 0.869. The number of hydrogen-bond donors (Lipinski definition) is 2. The predicted molar refractivity (Wildman–Crippen MR) is 82.5 cm³/mol. The molecule has 3 unspecified atom stereocenters. The van der Waals surface area contributed by atoms with E-state index < -0.39 is 10.0 Å². The van der Waals surface area contributed by atoms with Crippen LogP contribution in [0.5, 0.6) is 0 Å². The molecule has 3 atom stereocenters. The number of nitrogens with zero attached hydrogens (tertiary/aromatic N) is 2. The molecular formula is C14H24N4O2S. The fourth-order valence-corrected chi connectivity index (χ4v) is 3.97. The largest absolute Gasteiger partial charge is 0.355 e.